The minimum atomic E-state index is -3.81. The molecule has 0 spiro atoms. The zero-order chi connectivity index (χ0) is 22.4. The van der Waals surface area contributed by atoms with Crippen molar-refractivity contribution in [3.63, 3.8) is 0 Å². The Bertz CT molecular complexity index is 962. The number of rotatable bonds is 10. The Balaban J connectivity index is 2.33. The summed E-state index contributed by atoms with van der Waals surface area (Å²) in [4.78, 5) is 0.167. The summed E-state index contributed by atoms with van der Waals surface area (Å²) >= 11 is 0. The number of benzene rings is 2. The summed E-state index contributed by atoms with van der Waals surface area (Å²) < 4.78 is 41.5. The van der Waals surface area contributed by atoms with E-state index in [1.807, 2.05) is 38.1 Å². The third-order valence-electron chi connectivity index (χ3n) is 5.48. The molecule has 6 heteroatoms. The lowest BCUT2D eigenvalue weighted by molar-refractivity contribution is 0.249. The van der Waals surface area contributed by atoms with Crippen molar-refractivity contribution >= 4 is 10.1 Å². The van der Waals surface area contributed by atoms with Crippen LogP contribution in [0.1, 0.15) is 38.3 Å². The summed E-state index contributed by atoms with van der Waals surface area (Å²) in [5, 5.41) is 0. The van der Waals surface area contributed by atoms with E-state index in [1.165, 1.54) is 0 Å². The summed E-state index contributed by atoms with van der Waals surface area (Å²) in [6, 6.07) is 12.5. The van der Waals surface area contributed by atoms with Crippen molar-refractivity contribution in [1.29, 1.82) is 0 Å². The van der Waals surface area contributed by atoms with Crippen molar-refractivity contribution in [2.75, 3.05) is 20.8 Å². The molecule has 0 aliphatic heterocycles. The van der Waals surface area contributed by atoms with Gasteiger partial charge in [0.25, 0.3) is 10.1 Å². The van der Waals surface area contributed by atoms with E-state index in [2.05, 4.69) is 19.9 Å². The van der Waals surface area contributed by atoms with E-state index < -0.39 is 15.5 Å². The molecule has 0 unspecified atom stereocenters. The van der Waals surface area contributed by atoms with Crippen molar-refractivity contribution in [1.82, 2.24) is 0 Å². The molecule has 0 N–H and O–H groups in total. The van der Waals surface area contributed by atoms with Gasteiger partial charge in [0, 0.05) is 5.41 Å². The number of allylic oxidation sites excluding steroid dienone is 2. The van der Waals surface area contributed by atoms with Gasteiger partial charge >= 0.3 is 0 Å². The first kappa shape index (κ1) is 24.0. The highest BCUT2D eigenvalue weighted by Crippen LogP contribution is 2.41. The summed E-state index contributed by atoms with van der Waals surface area (Å²) in [6.07, 6.45) is 4.60. The quantitative estimate of drug-likeness (QED) is 0.378. The van der Waals surface area contributed by atoms with Crippen LogP contribution in [0.15, 0.2) is 59.5 Å². The van der Waals surface area contributed by atoms with Gasteiger partial charge in [0.2, 0.25) is 0 Å². The van der Waals surface area contributed by atoms with Crippen LogP contribution >= 0.6 is 0 Å². The standard InChI is InChI=1S/C24H32O5S/c1-7-14-24(18(2)3,20-10-13-22(27-5)23(17-20)28-6)15-16-29-30(25,26)21-11-8-19(4)9-12-21/h7-14,17-18H,15-16H2,1-6H3/b14-7+/t24-/m1/s1. The zero-order valence-electron chi connectivity index (χ0n) is 18.6. The van der Waals surface area contributed by atoms with Gasteiger partial charge in [0.05, 0.1) is 25.7 Å². The van der Waals surface area contributed by atoms with Crippen LogP contribution in [0.25, 0.3) is 0 Å². The molecule has 0 bridgehead atoms. The molecule has 0 aliphatic carbocycles. The molecule has 0 heterocycles. The van der Waals surface area contributed by atoms with E-state index in [1.54, 1.807) is 38.5 Å². The molecule has 2 aromatic carbocycles. The Labute approximate surface area is 180 Å². The molecule has 0 saturated heterocycles. The molecule has 30 heavy (non-hydrogen) atoms. The van der Waals surface area contributed by atoms with Crippen LogP contribution in [-0.2, 0) is 19.7 Å². The van der Waals surface area contributed by atoms with Gasteiger partial charge < -0.3 is 9.47 Å². The van der Waals surface area contributed by atoms with E-state index in [0.717, 1.165) is 11.1 Å². The largest absolute Gasteiger partial charge is 0.493 e. The summed E-state index contributed by atoms with van der Waals surface area (Å²) in [7, 11) is -0.612. The minimum Gasteiger partial charge on any atom is -0.493 e. The van der Waals surface area contributed by atoms with Crippen LogP contribution in [0.4, 0.5) is 0 Å². The second-order valence-electron chi connectivity index (χ2n) is 7.60. The fourth-order valence-electron chi connectivity index (χ4n) is 3.65. The molecule has 2 aromatic rings. The zero-order valence-corrected chi connectivity index (χ0v) is 19.5. The smallest absolute Gasteiger partial charge is 0.296 e. The lowest BCUT2D eigenvalue weighted by atomic mass is 9.69. The third-order valence-corrected chi connectivity index (χ3v) is 6.81. The molecule has 2 rings (SSSR count). The molecule has 1 atom stereocenters. The number of ether oxygens (including phenoxy) is 2. The maximum atomic E-state index is 12.6. The maximum absolute atomic E-state index is 12.6. The summed E-state index contributed by atoms with van der Waals surface area (Å²) in [5.41, 5.74) is 1.59. The van der Waals surface area contributed by atoms with Gasteiger partial charge in [-0.1, -0.05) is 49.8 Å². The van der Waals surface area contributed by atoms with Crippen LogP contribution in [-0.4, -0.2) is 29.2 Å². The van der Waals surface area contributed by atoms with Crippen molar-refractivity contribution in [2.45, 2.75) is 44.4 Å². The van der Waals surface area contributed by atoms with Crippen molar-refractivity contribution in [3.8, 4) is 11.5 Å². The highest BCUT2D eigenvalue weighted by molar-refractivity contribution is 7.86. The van der Waals surface area contributed by atoms with Crippen LogP contribution in [0, 0.1) is 12.8 Å². The highest BCUT2D eigenvalue weighted by Gasteiger charge is 2.34. The van der Waals surface area contributed by atoms with Crippen molar-refractivity contribution in [3.05, 3.63) is 65.7 Å². The minimum absolute atomic E-state index is 0.0626. The van der Waals surface area contributed by atoms with Crippen LogP contribution in [0.5, 0.6) is 11.5 Å². The molecular weight excluding hydrogens is 400 g/mol. The Morgan fingerprint density at radius 2 is 1.63 bits per heavy atom. The number of methoxy groups -OCH3 is 2. The normalized spacial score (nSPS) is 14.1. The lowest BCUT2D eigenvalue weighted by Gasteiger charge is -2.36. The fourth-order valence-corrected chi connectivity index (χ4v) is 4.56. The van der Waals surface area contributed by atoms with E-state index >= 15 is 0 Å². The van der Waals surface area contributed by atoms with Gasteiger partial charge in [-0.25, -0.2) is 0 Å². The molecule has 0 radical (unpaired) electrons. The summed E-state index contributed by atoms with van der Waals surface area (Å²) in [6.45, 7) is 8.17. The van der Waals surface area contributed by atoms with Crippen LogP contribution in [0.2, 0.25) is 0 Å². The van der Waals surface area contributed by atoms with E-state index in [4.69, 9.17) is 13.7 Å². The van der Waals surface area contributed by atoms with Gasteiger partial charge in [-0.15, -0.1) is 0 Å². The SMILES string of the molecule is C/C=C/[C@](CCOS(=O)(=O)c1ccc(C)cc1)(c1ccc(OC)c(OC)c1)C(C)C. The maximum Gasteiger partial charge on any atom is 0.296 e. The second kappa shape index (κ2) is 10.1. The molecule has 0 aliphatic rings. The molecule has 5 nitrogen and oxygen atoms in total. The predicted molar refractivity (Wildman–Crippen MR) is 120 cm³/mol. The highest BCUT2D eigenvalue weighted by atomic mass is 32.2. The molecule has 0 amide bonds. The molecule has 0 saturated carbocycles. The van der Waals surface area contributed by atoms with Crippen LogP contribution < -0.4 is 9.47 Å². The monoisotopic (exact) mass is 432 g/mol. The predicted octanol–water partition coefficient (Wildman–Crippen LogP) is 5.28. The average Bonchev–Trinajstić information content (AvgIpc) is 2.72. The Kier molecular flexibility index (Phi) is 8.10. The van der Waals surface area contributed by atoms with Gasteiger partial charge in [-0.3, -0.25) is 4.18 Å². The lowest BCUT2D eigenvalue weighted by Crippen LogP contribution is -2.32. The topological polar surface area (TPSA) is 61.8 Å². The number of hydrogen-bond donors (Lipinski definition) is 0. The van der Waals surface area contributed by atoms with E-state index in [-0.39, 0.29) is 17.4 Å². The number of hydrogen-bond acceptors (Lipinski definition) is 5. The molecular formula is C24H32O5S. The Hall–Kier alpha value is -2.31. The Morgan fingerprint density at radius 1 is 1.00 bits per heavy atom. The van der Waals surface area contributed by atoms with Crippen molar-refractivity contribution in [2.24, 2.45) is 5.92 Å². The Morgan fingerprint density at radius 3 is 2.17 bits per heavy atom. The first-order valence-corrected chi connectivity index (χ1v) is 11.4. The molecule has 0 aromatic heterocycles. The molecule has 0 fully saturated rings. The van der Waals surface area contributed by atoms with E-state index in [0.29, 0.717) is 17.9 Å². The number of aryl methyl sites for hydroxylation is 1. The first-order chi connectivity index (χ1) is 14.2. The fraction of sp³-hybridized carbons (Fsp3) is 0.417. The van der Waals surface area contributed by atoms with Gasteiger partial charge in [0.15, 0.2) is 11.5 Å². The third kappa shape index (κ3) is 5.24. The average molecular weight is 433 g/mol. The second-order valence-corrected chi connectivity index (χ2v) is 9.22. The van der Waals surface area contributed by atoms with Gasteiger partial charge in [0.1, 0.15) is 0 Å². The van der Waals surface area contributed by atoms with Gasteiger partial charge in [-0.2, -0.15) is 8.42 Å². The van der Waals surface area contributed by atoms with Crippen molar-refractivity contribution < 1.29 is 22.1 Å². The van der Waals surface area contributed by atoms with Crippen LogP contribution in [0.3, 0.4) is 0 Å². The molecule has 164 valence electrons. The van der Waals surface area contributed by atoms with E-state index in [9.17, 15) is 8.42 Å². The van der Waals surface area contributed by atoms with Gasteiger partial charge in [-0.05, 0) is 56.0 Å². The summed E-state index contributed by atoms with van der Waals surface area (Å²) in [5.74, 6) is 1.48. The first-order valence-electron chi connectivity index (χ1n) is 10.0.